The van der Waals surface area contributed by atoms with E-state index in [9.17, 15) is 4.79 Å². The van der Waals surface area contributed by atoms with Gasteiger partial charge in [0.15, 0.2) is 0 Å². The second kappa shape index (κ2) is 6.29. The number of amides is 1. The zero-order valence-corrected chi connectivity index (χ0v) is 14.3. The topological polar surface area (TPSA) is 33.2 Å². The third-order valence-electron chi connectivity index (χ3n) is 4.60. The smallest absolute Gasteiger partial charge is 0.256 e. The van der Waals surface area contributed by atoms with Gasteiger partial charge in [0.05, 0.1) is 11.1 Å². The lowest BCUT2D eigenvalue weighted by Gasteiger charge is -2.30. The molecule has 1 amide bonds. The first kappa shape index (κ1) is 15.2. The molecule has 0 atom stereocenters. The van der Waals surface area contributed by atoms with Crippen molar-refractivity contribution >= 4 is 28.6 Å². The highest BCUT2D eigenvalue weighted by Crippen LogP contribution is 2.29. The molecule has 0 fully saturated rings. The summed E-state index contributed by atoms with van der Waals surface area (Å²) in [4.78, 5) is 20.7. The van der Waals surface area contributed by atoms with Gasteiger partial charge in [-0.1, -0.05) is 30.3 Å². The number of nitrogens with zero attached hydrogens (tertiary/aromatic N) is 2. The van der Waals surface area contributed by atoms with E-state index in [2.05, 4.69) is 29.4 Å². The normalized spacial score (nSPS) is 13.8. The molecule has 2 heterocycles. The Balaban J connectivity index is 1.70. The Hall–Kier alpha value is -2.33. The number of pyridine rings is 1. The van der Waals surface area contributed by atoms with Gasteiger partial charge in [-0.15, -0.1) is 11.8 Å². The number of fused-ring (bicyclic) bond motifs is 2. The number of aromatic nitrogens is 1. The molecule has 24 heavy (non-hydrogen) atoms. The van der Waals surface area contributed by atoms with Crippen LogP contribution >= 0.6 is 11.8 Å². The maximum atomic E-state index is 13.1. The molecule has 1 aromatic heterocycles. The molecule has 0 spiro atoms. The highest BCUT2D eigenvalue weighted by Gasteiger charge is 2.24. The van der Waals surface area contributed by atoms with Gasteiger partial charge in [0, 0.05) is 29.6 Å². The van der Waals surface area contributed by atoms with E-state index in [1.54, 1.807) is 18.0 Å². The van der Waals surface area contributed by atoms with Crippen molar-refractivity contribution in [3.63, 3.8) is 0 Å². The van der Waals surface area contributed by atoms with Crippen molar-refractivity contribution < 1.29 is 4.79 Å². The molecule has 3 aromatic rings. The van der Waals surface area contributed by atoms with Crippen molar-refractivity contribution in [1.29, 1.82) is 0 Å². The summed E-state index contributed by atoms with van der Waals surface area (Å²) in [6, 6.07) is 16.1. The Bertz CT molecular complexity index is 903. The Morgan fingerprint density at radius 2 is 1.96 bits per heavy atom. The number of hydrogen-bond donors (Lipinski definition) is 0. The number of para-hydroxylation sites is 1. The van der Waals surface area contributed by atoms with E-state index in [4.69, 9.17) is 0 Å². The third-order valence-corrected chi connectivity index (χ3v) is 5.42. The summed E-state index contributed by atoms with van der Waals surface area (Å²) in [5.41, 5.74) is 4.13. The van der Waals surface area contributed by atoms with Crippen LogP contribution < -0.4 is 0 Å². The lowest BCUT2D eigenvalue weighted by Crippen LogP contribution is -2.36. The van der Waals surface area contributed by atoms with Crippen molar-refractivity contribution in [2.45, 2.75) is 17.9 Å². The van der Waals surface area contributed by atoms with Gasteiger partial charge in [-0.25, -0.2) is 0 Å². The molecule has 0 unspecified atom stereocenters. The molecule has 2 aromatic carbocycles. The van der Waals surface area contributed by atoms with Gasteiger partial charge in [0.1, 0.15) is 0 Å². The zero-order valence-electron chi connectivity index (χ0n) is 13.5. The summed E-state index contributed by atoms with van der Waals surface area (Å²) in [5, 5.41) is 1.01. The Morgan fingerprint density at radius 1 is 1.12 bits per heavy atom. The Morgan fingerprint density at radius 3 is 2.83 bits per heavy atom. The summed E-state index contributed by atoms with van der Waals surface area (Å²) in [6.45, 7) is 1.43. The molecular weight excluding hydrogens is 316 g/mol. The molecule has 0 bridgehead atoms. The molecule has 1 aliphatic rings. The predicted molar refractivity (Wildman–Crippen MR) is 98.4 cm³/mol. The number of carbonyl (C=O) groups excluding carboxylic acids is 1. The number of carbonyl (C=O) groups is 1. The fraction of sp³-hybridized carbons (Fsp3) is 0.200. The Kier molecular flexibility index (Phi) is 3.98. The van der Waals surface area contributed by atoms with E-state index >= 15 is 0 Å². The third kappa shape index (κ3) is 2.57. The fourth-order valence-corrected chi connectivity index (χ4v) is 4.02. The zero-order chi connectivity index (χ0) is 16.5. The van der Waals surface area contributed by atoms with Crippen LogP contribution in [0.4, 0.5) is 0 Å². The van der Waals surface area contributed by atoms with E-state index in [1.165, 1.54) is 16.0 Å². The largest absolute Gasteiger partial charge is 0.334 e. The average molecular weight is 334 g/mol. The van der Waals surface area contributed by atoms with Crippen LogP contribution in [0.15, 0.2) is 59.6 Å². The van der Waals surface area contributed by atoms with Gasteiger partial charge in [-0.05, 0) is 42.0 Å². The molecule has 3 nitrogen and oxygen atoms in total. The molecule has 4 rings (SSSR count). The van der Waals surface area contributed by atoms with Crippen LogP contribution in [0.25, 0.3) is 10.9 Å². The fourth-order valence-electron chi connectivity index (χ4n) is 3.36. The quantitative estimate of drug-likeness (QED) is 0.660. The predicted octanol–water partition coefficient (Wildman–Crippen LogP) is 4.16. The Labute approximate surface area is 145 Å². The molecule has 120 valence electrons. The van der Waals surface area contributed by atoms with Crippen molar-refractivity contribution in [3.8, 4) is 0 Å². The SMILES string of the molecule is CSc1cccc2c1CN(C(=O)c1cccc3cccnc13)CC2. The first-order chi connectivity index (χ1) is 11.8. The summed E-state index contributed by atoms with van der Waals surface area (Å²) in [6.07, 6.45) is 4.75. The lowest BCUT2D eigenvalue weighted by atomic mass is 9.98. The van der Waals surface area contributed by atoms with Crippen LogP contribution in [0, 0.1) is 0 Å². The van der Waals surface area contributed by atoms with Gasteiger partial charge < -0.3 is 4.90 Å². The average Bonchev–Trinajstić information content (AvgIpc) is 2.66. The van der Waals surface area contributed by atoms with Crippen LogP contribution in [0.5, 0.6) is 0 Å². The van der Waals surface area contributed by atoms with Crippen LogP contribution in [0.2, 0.25) is 0 Å². The standard InChI is InChI=1S/C20H18N2OS/c1-24-18-9-3-5-14-10-12-22(13-17(14)18)20(23)16-8-2-6-15-7-4-11-21-19(15)16/h2-9,11H,10,12-13H2,1H3. The second-order valence-corrected chi connectivity index (χ2v) is 6.80. The number of thioether (sulfide) groups is 1. The van der Waals surface area contributed by atoms with Gasteiger partial charge in [-0.3, -0.25) is 9.78 Å². The first-order valence-corrected chi connectivity index (χ1v) is 9.28. The van der Waals surface area contributed by atoms with Crippen LogP contribution in [-0.2, 0) is 13.0 Å². The molecule has 0 saturated heterocycles. The first-order valence-electron chi connectivity index (χ1n) is 8.05. The van der Waals surface area contributed by atoms with E-state index in [-0.39, 0.29) is 5.91 Å². The number of rotatable bonds is 2. The second-order valence-electron chi connectivity index (χ2n) is 5.96. The minimum Gasteiger partial charge on any atom is -0.334 e. The highest BCUT2D eigenvalue weighted by molar-refractivity contribution is 7.98. The summed E-state index contributed by atoms with van der Waals surface area (Å²) >= 11 is 1.75. The number of hydrogen-bond acceptors (Lipinski definition) is 3. The van der Waals surface area contributed by atoms with E-state index < -0.39 is 0 Å². The molecule has 4 heteroatoms. The highest BCUT2D eigenvalue weighted by atomic mass is 32.2. The molecule has 0 saturated carbocycles. The molecule has 0 radical (unpaired) electrons. The van der Waals surface area contributed by atoms with Crippen LogP contribution in [0.1, 0.15) is 21.5 Å². The summed E-state index contributed by atoms with van der Waals surface area (Å²) in [5.74, 6) is 0.0702. The number of benzene rings is 2. The minimum absolute atomic E-state index is 0.0702. The maximum absolute atomic E-state index is 13.1. The van der Waals surface area contributed by atoms with Crippen molar-refractivity contribution in [1.82, 2.24) is 9.88 Å². The van der Waals surface area contributed by atoms with Crippen molar-refractivity contribution in [2.24, 2.45) is 0 Å². The van der Waals surface area contributed by atoms with E-state index in [0.29, 0.717) is 12.1 Å². The molecule has 1 aliphatic heterocycles. The van der Waals surface area contributed by atoms with Gasteiger partial charge >= 0.3 is 0 Å². The van der Waals surface area contributed by atoms with Crippen molar-refractivity contribution in [2.75, 3.05) is 12.8 Å². The van der Waals surface area contributed by atoms with E-state index in [0.717, 1.165) is 23.9 Å². The molecule has 0 N–H and O–H groups in total. The minimum atomic E-state index is 0.0702. The molecule has 0 aliphatic carbocycles. The summed E-state index contributed by atoms with van der Waals surface area (Å²) in [7, 11) is 0. The lowest BCUT2D eigenvalue weighted by molar-refractivity contribution is 0.0735. The van der Waals surface area contributed by atoms with Crippen LogP contribution in [0.3, 0.4) is 0 Å². The van der Waals surface area contributed by atoms with Gasteiger partial charge in [0.2, 0.25) is 0 Å². The monoisotopic (exact) mass is 334 g/mol. The van der Waals surface area contributed by atoms with Gasteiger partial charge in [0.25, 0.3) is 5.91 Å². The maximum Gasteiger partial charge on any atom is 0.256 e. The summed E-state index contributed by atoms with van der Waals surface area (Å²) < 4.78 is 0. The van der Waals surface area contributed by atoms with Crippen LogP contribution in [-0.4, -0.2) is 28.6 Å². The van der Waals surface area contributed by atoms with Gasteiger partial charge in [-0.2, -0.15) is 0 Å². The van der Waals surface area contributed by atoms with Crippen molar-refractivity contribution in [3.05, 3.63) is 71.4 Å². The van der Waals surface area contributed by atoms with E-state index in [1.807, 2.05) is 35.2 Å². The molecular formula is C20H18N2OS.